The average molecular weight is 332 g/mol. The molecule has 0 bridgehead atoms. The van der Waals surface area contributed by atoms with Crippen LogP contribution in [0.2, 0.25) is 10.0 Å². The van der Waals surface area contributed by atoms with Crippen LogP contribution in [0.15, 0.2) is 15.9 Å². The van der Waals surface area contributed by atoms with Crippen molar-refractivity contribution in [2.75, 3.05) is 12.0 Å². The van der Waals surface area contributed by atoms with Crippen LogP contribution in [0.5, 0.6) is 0 Å². The monoisotopic (exact) mass is 331 g/mol. The molecule has 0 spiro atoms. The van der Waals surface area contributed by atoms with Crippen molar-refractivity contribution in [3.63, 3.8) is 0 Å². The highest BCUT2D eigenvalue weighted by Gasteiger charge is 2.30. The minimum Gasteiger partial charge on any atom is -0.369 e. The molecule has 1 aromatic rings. The number of hydrogen-bond donors (Lipinski definition) is 3. The molecule has 1 heterocycles. The van der Waals surface area contributed by atoms with Gasteiger partial charge in [-0.25, -0.2) is 22.0 Å². The molecule has 0 amide bonds. The summed E-state index contributed by atoms with van der Waals surface area (Å²) in [4.78, 5) is -0.853. The van der Waals surface area contributed by atoms with E-state index >= 15 is 0 Å². The Balaban J connectivity index is 2.90. The predicted octanol–water partition coefficient (Wildman–Crippen LogP) is 0.302. The highest BCUT2D eigenvalue weighted by Crippen LogP contribution is 2.40. The molecule has 0 fully saturated rings. The van der Waals surface area contributed by atoms with Crippen molar-refractivity contribution < 1.29 is 16.8 Å². The highest BCUT2D eigenvalue weighted by atomic mass is 35.5. The van der Waals surface area contributed by atoms with Crippen molar-refractivity contribution in [2.24, 2.45) is 5.14 Å². The van der Waals surface area contributed by atoms with Crippen molar-refractivity contribution in [3.05, 3.63) is 16.1 Å². The maximum atomic E-state index is 11.7. The Morgan fingerprint density at radius 2 is 1.89 bits per heavy atom. The van der Waals surface area contributed by atoms with E-state index in [1.807, 2.05) is 0 Å². The molecule has 1 aromatic carbocycles. The van der Waals surface area contributed by atoms with Gasteiger partial charge in [-0.3, -0.25) is 0 Å². The third-order valence-corrected chi connectivity index (χ3v) is 5.60. The van der Waals surface area contributed by atoms with Gasteiger partial charge in [-0.05, 0) is 6.07 Å². The van der Waals surface area contributed by atoms with E-state index in [2.05, 4.69) is 10.0 Å². The predicted molar refractivity (Wildman–Crippen MR) is 66.6 cm³/mol. The Labute approximate surface area is 113 Å². The second-order valence-electron chi connectivity index (χ2n) is 3.42. The molecule has 11 heteroatoms. The van der Waals surface area contributed by atoms with Crippen LogP contribution in [0.4, 0.5) is 5.69 Å². The van der Waals surface area contributed by atoms with Gasteiger partial charge in [0.15, 0.2) is 0 Å². The fourth-order valence-corrected chi connectivity index (χ4v) is 4.16. The van der Waals surface area contributed by atoms with Gasteiger partial charge >= 0.3 is 0 Å². The molecule has 1 aliphatic rings. The van der Waals surface area contributed by atoms with Crippen LogP contribution in [-0.4, -0.2) is 23.5 Å². The van der Waals surface area contributed by atoms with E-state index in [0.717, 1.165) is 6.07 Å². The van der Waals surface area contributed by atoms with Crippen LogP contribution in [-0.2, 0) is 20.0 Å². The number of sulfonamides is 2. The number of primary sulfonamides is 1. The molecule has 2 rings (SSSR count). The number of fused-ring (bicyclic) bond motifs is 1. The van der Waals surface area contributed by atoms with Crippen LogP contribution < -0.4 is 15.2 Å². The third-order valence-electron chi connectivity index (χ3n) is 2.26. The minimum atomic E-state index is -4.18. The molecule has 4 N–H and O–H groups in total. The number of halogens is 2. The van der Waals surface area contributed by atoms with Crippen LogP contribution >= 0.6 is 23.2 Å². The summed E-state index contributed by atoms with van der Waals surface area (Å²) in [5, 5.41) is 7.08. The van der Waals surface area contributed by atoms with Gasteiger partial charge in [0.05, 0.1) is 22.4 Å². The molecular weight excluding hydrogens is 325 g/mol. The summed E-state index contributed by atoms with van der Waals surface area (Å²) >= 11 is 11.6. The minimum absolute atomic E-state index is 0.0489. The van der Waals surface area contributed by atoms with E-state index in [1.165, 1.54) is 0 Å². The van der Waals surface area contributed by atoms with Gasteiger partial charge in [0, 0.05) is 0 Å². The third kappa shape index (κ3) is 2.17. The first-order valence-corrected chi connectivity index (χ1v) is 8.21. The van der Waals surface area contributed by atoms with Gasteiger partial charge in [-0.2, -0.15) is 4.72 Å². The first-order valence-electron chi connectivity index (χ1n) is 4.43. The van der Waals surface area contributed by atoms with Crippen molar-refractivity contribution >= 4 is 48.9 Å². The molecule has 0 atom stereocenters. The van der Waals surface area contributed by atoms with Crippen molar-refractivity contribution in [2.45, 2.75) is 9.79 Å². The quantitative estimate of drug-likeness (QED) is 0.684. The van der Waals surface area contributed by atoms with Gasteiger partial charge in [-0.1, -0.05) is 23.2 Å². The van der Waals surface area contributed by atoms with Crippen LogP contribution in [0.3, 0.4) is 0 Å². The lowest BCUT2D eigenvalue weighted by Gasteiger charge is -2.21. The Morgan fingerprint density at radius 1 is 1.28 bits per heavy atom. The molecule has 0 radical (unpaired) electrons. The normalized spacial score (nSPS) is 17.9. The lowest BCUT2D eigenvalue weighted by atomic mass is 10.3. The van der Waals surface area contributed by atoms with E-state index in [1.54, 1.807) is 0 Å². The van der Waals surface area contributed by atoms with Crippen LogP contribution in [0.25, 0.3) is 0 Å². The maximum Gasteiger partial charge on any atom is 0.244 e. The number of nitrogens with one attached hydrogen (secondary N) is 2. The summed E-state index contributed by atoms with van der Waals surface area (Å²) in [5.41, 5.74) is 0.0489. The van der Waals surface area contributed by atoms with Crippen LogP contribution in [0.1, 0.15) is 0 Å². The fourth-order valence-electron chi connectivity index (χ4n) is 1.46. The number of hydrogen-bond acceptors (Lipinski definition) is 5. The summed E-state index contributed by atoms with van der Waals surface area (Å²) < 4.78 is 48.2. The highest BCUT2D eigenvalue weighted by molar-refractivity contribution is 7.90. The average Bonchev–Trinajstić information content (AvgIpc) is 2.21. The molecule has 0 saturated heterocycles. The van der Waals surface area contributed by atoms with Crippen molar-refractivity contribution in [3.8, 4) is 0 Å². The standard InChI is InChI=1S/C7H7Cl2N3O4S2/c8-5-3(17(10,13)14)1-4-7(6(5)9)11-2-12-18(4,15)16/h1,11-12H,2H2,(H2,10,13,14). The van der Waals surface area contributed by atoms with Crippen molar-refractivity contribution in [1.29, 1.82) is 0 Å². The SMILES string of the molecule is NS(=O)(=O)c1cc2c(c(Cl)c1Cl)NCNS2(=O)=O. The smallest absolute Gasteiger partial charge is 0.244 e. The van der Waals surface area contributed by atoms with E-state index in [4.69, 9.17) is 28.3 Å². The number of nitrogens with two attached hydrogens (primary N) is 1. The largest absolute Gasteiger partial charge is 0.369 e. The Kier molecular flexibility index (Phi) is 3.24. The van der Waals surface area contributed by atoms with Gasteiger partial charge in [-0.15, -0.1) is 0 Å². The molecule has 0 aromatic heterocycles. The van der Waals surface area contributed by atoms with E-state index in [-0.39, 0.29) is 27.3 Å². The molecule has 1 aliphatic heterocycles. The Bertz CT molecular complexity index is 730. The molecule has 7 nitrogen and oxygen atoms in total. The lowest BCUT2D eigenvalue weighted by Crippen LogP contribution is -2.35. The zero-order valence-corrected chi connectivity index (χ0v) is 11.7. The molecule has 18 heavy (non-hydrogen) atoms. The first kappa shape index (κ1) is 13.8. The summed E-state index contributed by atoms with van der Waals surface area (Å²) in [6, 6.07) is 0.868. The molecule has 100 valence electrons. The summed E-state index contributed by atoms with van der Waals surface area (Å²) in [6.45, 7) is -0.0693. The number of anilines is 1. The second kappa shape index (κ2) is 4.22. The Morgan fingerprint density at radius 3 is 2.44 bits per heavy atom. The topological polar surface area (TPSA) is 118 Å². The van der Waals surface area contributed by atoms with Gasteiger partial charge in [0.25, 0.3) is 0 Å². The molecule has 0 aliphatic carbocycles. The molecule has 0 saturated carbocycles. The first-order chi connectivity index (χ1) is 8.14. The van der Waals surface area contributed by atoms with E-state index in [0.29, 0.717) is 0 Å². The van der Waals surface area contributed by atoms with E-state index in [9.17, 15) is 16.8 Å². The number of benzene rings is 1. The zero-order valence-electron chi connectivity index (χ0n) is 8.57. The van der Waals surface area contributed by atoms with Gasteiger partial charge in [0.2, 0.25) is 20.0 Å². The zero-order chi connectivity index (χ0) is 13.7. The second-order valence-corrected chi connectivity index (χ2v) is 7.44. The molecule has 0 unspecified atom stereocenters. The van der Waals surface area contributed by atoms with Crippen molar-refractivity contribution in [1.82, 2.24) is 4.72 Å². The van der Waals surface area contributed by atoms with E-state index < -0.39 is 24.9 Å². The number of rotatable bonds is 1. The summed E-state index contributed by atoms with van der Waals surface area (Å²) in [5.74, 6) is 0. The van der Waals surface area contributed by atoms with Gasteiger partial charge < -0.3 is 5.32 Å². The lowest BCUT2D eigenvalue weighted by molar-refractivity contribution is 0.581. The summed E-state index contributed by atoms with van der Waals surface area (Å²) in [7, 11) is -8.02. The fraction of sp³-hybridized carbons (Fsp3) is 0.143. The Hall–Kier alpha value is -0.580. The maximum absolute atomic E-state index is 11.7. The summed E-state index contributed by atoms with van der Waals surface area (Å²) in [6.07, 6.45) is 0. The van der Waals surface area contributed by atoms with Gasteiger partial charge in [0.1, 0.15) is 9.79 Å². The van der Waals surface area contributed by atoms with Crippen LogP contribution in [0, 0.1) is 0 Å². The molecular formula is C7H7Cl2N3O4S2.